The largest absolute Gasteiger partial charge is 0.423 e. The van der Waals surface area contributed by atoms with Gasteiger partial charge in [0, 0.05) is 31.7 Å². The van der Waals surface area contributed by atoms with Gasteiger partial charge in [0.15, 0.2) is 17.0 Å². The van der Waals surface area contributed by atoms with Gasteiger partial charge in [-0.3, -0.25) is 0 Å². The maximum Gasteiger partial charge on any atom is 0.298 e. The van der Waals surface area contributed by atoms with Gasteiger partial charge < -0.3 is 14.2 Å². The number of imidazole rings is 1. The molecule has 0 unspecified atom stereocenters. The van der Waals surface area contributed by atoms with Crippen LogP contribution in [0.15, 0.2) is 28.8 Å². The number of aryl methyl sites for hydroxylation is 2. The molecule has 1 saturated heterocycles. The highest BCUT2D eigenvalue weighted by atomic mass is 19.1. The molecule has 5 rings (SSSR count). The fourth-order valence-electron chi connectivity index (χ4n) is 4.44. The predicted molar refractivity (Wildman–Crippen MR) is 119 cm³/mol. The van der Waals surface area contributed by atoms with Crippen LogP contribution in [-0.2, 0) is 0 Å². The fourth-order valence-corrected chi connectivity index (χ4v) is 4.44. The van der Waals surface area contributed by atoms with Crippen LogP contribution >= 0.6 is 0 Å². The lowest BCUT2D eigenvalue weighted by Gasteiger charge is -2.35. The van der Waals surface area contributed by atoms with Gasteiger partial charge in [-0.15, -0.1) is 0 Å². The summed E-state index contributed by atoms with van der Waals surface area (Å²) in [5, 5.41) is 4.62. The second kappa shape index (κ2) is 7.60. The summed E-state index contributed by atoms with van der Waals surface area (Å²) in [7, 11) is 1.98. The van der Waals surface area contributed by atoms with Gasteiger partial charge in [0.05, 0.1) is 17.6 Å². The Morgan fingerprint density at radius 2 is 1.94 bits per heavy atom. The molecule has 4 heterocycles. The van der Waals surface area contributed by atoms with E-state index >= 15 is 0 Å². The molecule has 0 aliphatic carbocycles. The molecule has 8 heteroatoms. The average Bonchev–Trinajstić information content (AvgIpc) is 3.37. The number of hydrogen-bond acceptors (Lipinski definition) is 6. The predicted octanol–water partition coefficient (Wildman–Crippen LogP) is 4.21. The summed E-state index contributed by atoms with van der Waals surface area (Å²) in [6.45, 7) is 9.29. The summed E-state index contributed by atoms with van der Waals surface area (Å²) in [5.74, 6) is -0.405. The molecule has 0 spiro atoms. The second-order valence-corrected chi connectivity index (χ2v) is 8.44. The van der Waals surface area contributed by atoms with Crippen molar-refractivity contribution < 1.29 is 8.81 Å². The Kier molecular flexibility index (Phi) is 4.89. The zero-order valence-electron chi connectivity index (χ0n) is 18.4. The minimum Gasteiger partial charge on any atom is -0.423 e. The van der Waals surface area contributed by atoms with Crippen molar-refractivity contribution in [1.82, 2.24) is 24.5 Å². The molecule has 1 fully saturated rings. The van der Waals surface area contributed by atoms with E-state index < -0.39 is 5.82 Å². The van der Waals surface area contributed by atoms with Crippen molar-refractivity contribution >= 4 is 22.8 Å². The van der Waals surface area contributed by atoms with Gasteiger partial charge >= 0.3 is 0 Å². The van der Waals surface area contributed by atoms with Crippen LogP contribution in [0.3, 0.4) is 0 Å². The normalized spacial score (nSPS) is 15.9. The van der Waals surface area contributed by atoms with Crippen LogP contribution in [-0.4, -0.2) is 57.2 Å². The van der Waals surface area contributed by atoms with E-state index in [1.807, 2.05) is 39.2 Å². The van der Waals surface area contributed by atoms with Crippen molar-refractivity contribution in [2.24, 2.45) is 0 Å². The second-order valence-electron chi connectivity index (χ2n) is 8.44. The van der Waals surface area contributed by atoms with Crippen LogP contribution in [0.4, 0.5) is 10.4 Å². The Hall–Kier alpha value is -3.00. The van der Waals surface area contributed by atoms with Crippen LogP contribution in [0, 0.1) is 19.7 Å². The van der Waals surface area contributed by atoms with E-state index in [4.69, 9.17) is 4.42 Å². The van der Waals surface area contributed by atoms with Crippen LogP contribution in [0.2, 0.25) is 0 Å². The standard InChI is InChI=1S/C23H27FN6O/c1-5-29-8-6-17(7-9-29)28(4)23-26-21-18(24)11-16(12-20(21)31-23)19-10-14(2)22-25-15(3)13-30(22)27-19/h10-13,17H,5-9H2,1-4H3. The molecule has 3 aromatic heterocycles. The van der Waals surface area contributed by atoms with Crippen molar-refractivity contribution in [1.29, 1.82) is 0 Å². The number of hydrogen-bond donors (Lipinski definition) is 0. The number of benzene rings is 1. The van der Waals surface area contributed by atoms with E-state index in [0.29, 0.717) is 28.9 Å². The van der Waals surface area contributed by atoms with Crippen LogP contribution in [0.5, 0.6) is 0 Å². The summed E-state index contributed by atoms with van der Waals surface area (Å²) in [6.07, 6.45) is 3.96. The molecule has 1 aliphatic heterocycles. The number of halogens is 1. The minimum absolute atomic E-state index is 0.257. The van der Waals surface area contributed by atoms with E-state index in [2.05, 4.69) is 31.8 Å². The highest BCUT2D eigenvalue weighted by Gasteiger charge is 2.25. The van der Waals surface area contributed by atoms with Crippen molar-refractivity contribution in [3.8, 4) is 11.3 Å². The molecule has 0 bridgehead atoms. The molecule has 0 atom stereocenters. The van der Waals surface area contributed by atoms with Gasteiger partial charge in [-0.05, 0) is 57.0 Å². The molecule has 0 saturated carbocycles. The Labute approximate surface area is 180 Å². The zero-order chi connectivity index (χ0) is 21.7. The molecule has 0 radical (unpaired) electrons. The highest BCUT2D eigenvalue weighted by Crippen LogP contribution is 2.31. The molecular formula is C23H27FN6O. The Bertz CT molecular complexity index is 1250. The van der Waals surface area contributed by atoms with Crippen LogP contribution in [0.25, 0.3) is 28.0 Å². The third-order valence-corrected chi connectivity index (χ3v) is 6.32. The first-order valence-corrected chi connectivity index (χ1v) is 10.8. The summed E-state index contributed by atoms with van der Waals surface area (Å²) in [6, 6.07) is 6.03. The quantitative estimate of drug-likeness (QED) is 0.491. The zero-order valence-corrected chi connectivity index (χ0v) is 18.4. The van der Waals surface area contributed by atoms with E-state index in [1.54, 1.807) is 4.52 Å². The van der Waals surface area contributed by atoms with Crippen LogP contribution < -0.4 is 4.90 Å². The monoisotopic (exact) mass is 422 g/mol. The molecule has 7 nitrogen and oxygen atoms in total. The van der Waals surface area contributed by atoms with Crippen molar-refractivity contribution in [3.05, 3.63) is 41.5 Å². The molecular weight excluding hydrogens is 395 g/mol. The summed E-state index contributed by atoms with van der Waals surface area (Å²) in [5.41, 5.74) is 4.69. The van der Waals surface area contributed by atoms with E-state index in [1.165, 1.54) is 6.07 Å². The van der Waals surface area contributed by atoms with Gasteiger partial charge in [0.2, 0.25) is 0 Å². The minimum atomic E-state index is -0.405. The average molecular weight is 423 g/mol. The summed E-state index contributed by atoms with van der Waals surface area (Å²) < 4.78 is 22.7. The lowest BCUT2D eigenvalue weighted by Crippen LogP contribution is -2.43. The highest BCUT2D eigenvalue weighted by molar-refractivity contribution is 5.81. The number of rotatable bonds is 4. The molecule has 1 aromatic carbocycles. The Morgan fingerprint density at radius 1 is 1.16 bits per heavy atom. The fraction of sp³-hybridized carbons (Fsp3) is 0.435. The molecule has 31 heavy (non-hydrogen) atoms. The maximum absolute atomic E-state index is 15.0. The van der Waals surface area contributed by atoms with Crippen LogP contribution in [0.1, 0.15) is 31.0 Å². The SMILES string of the molecule is CCN1CCC(N(C)c2nc3c(F)cc(-c4cc(C)c5nc(C)cn5n4)cc3o2)CC1. The first-order valence-electron chi connectivity index (χ1n) is 10.8. The number of nitrogens with zero attached hydrogens (tertiary/aromatic N) is 6. The van der Waals surface area contributed by atoms with Gasteiger partial charge in [0.25, 0.3) is 6.01 Å². The summed E-state index contributed by atoms with van der Waals surface area (Å²) >= 11 is 0. The van der Waals surface area contributed by atoms with E-state index in [9.17, 15) is 4.39 Å². The number of likely N-dealkylation sites (tertiary alicyclic amines) is 1. The van der Waals surface area contributed by atoms with Gasteiger partial charge in [-0.1, -0.05) is 6.92 Å². The number of piperidine rings is 1. The number of oxazole rings is 1. The molecule has 4 aromatic rings. The molecule has 0 amide bonds. The van der Waals surface area contributed by atoms with Gasteiger partial charge in [0.1, 0.15) is 5.52 Å². The third kappa shape index (κ3) is 3.54. The van der Waals surface area contributed by atoms with Gasteiger partial charge in [-0.2, -0.15) is 10.1 Å². The van der Waals surface area contributed by atoms with Crippen molar-refractivity contribution in [2.75, 3.05) is 31.6 Å². The Morgan fingerprint density at radius 3 is 2.68 bits per heavy atom. The molecule has 0 N–H and O–H groups in total. The van der Waals surface area contributed by atoms with Crippen molar-refractivity contribution in [2.45, 2.75) is 39.7 Å². The lowest BCUT2D eigenvalue weighted by atomic mass is 10.0. The Balaban J connectivity index is 1.49. The maximum atomic E-state index is 15.0. The molecule has 1 aliphatic rings. The number of fused-ring (bicyclic) bond motifs is 2. The number of anilines is 1. The number of aromatic nitrogens is 4. The lowest BCUT2D eigenvalue weighted by molar-refractivity contribution is 0.218. The topological polar surface area (TPSA) is 62.7 Å². The van der Waals surface area contributed by atoms with E-state index in [0.717, 1.165) is 49.4 Å². The first kappa shape index (κ1) is 19.9. The first-order chi connectivity index (χ1) is 14.9. The van der Waals surface area contributed by atoms with Gasteiger partial charge in [-0.25, -0.2) is 13.9 Å². The molecule has 162 valence electrons. The van der Waals surface area contributed by atoms with E-state index in [-0.39, 0.29) is 5.52 Å². The summed E-state index contributed by atoms with van der Waals surface area (Å²) in [4.78, 5) is 13.4. The third-order valence-electron chi connectivity index (χ3n) is 6.32. The smallest absolute Gasteiger partial charge is 0.298 e. The van der Waals surface area contributed by atoms with Crippen molar-refractivity contribution in [3.63, 3.8) is 0 Å².